The highest BCUT2D eigenvalue weighted by atomic mass is 16.2. The average Bonchev–Trinajstić information content (AvgIpc) is 2.67. The molecule has 0 unspecified atom stereocenters. The third-order valence-corrected chi connectivity index (χ3v) is 3.16. The van der Waals surface area contributed by atoms with E-state index < -0.39 is 0 Å². The first-order chi connectivity index (χ1) is 9.16. The second-order valence-electron chi connectivity index (χ2n) is 4.50. The molecule has 2 heterocycles. The second kappa shape index (κ2) is 4.31. The van der Waals surface area contributed by atoms with Gasteiger partial charge in [0.05, 0.1) is 17.6 Å². The van der Waals surface area contributed by atoms with Crippen molar-refractivity contribution in [2.24, 2.45) is 4.99 Å². The number of aliphatic imine (C=N–C) groups is 1. The first-order valence-corrected chi connectivity index (χ1v) is 6.05. The predicted molar refractivity (Wildman–Crippen MR) is 75.0 cm³/mol. The van der Waals surface area contributed by atoms with Gasteiger partial charge in [0.15, 0.2) is 0 Å². The van der Waals surface area contributed by atoms with Crippen LogP contribution in [-0.2, 0) is 4.79 Å². The maximum atomic E-state index is 12.2. The molecule has 0 bridgehead atoms. The van der Waals surface area contributed by atoms with Gasteiger partial charge < -0.3 is 4.90 Å². The van der Waals surface area contributed by atoms with Gasteiger partial charge in [-0.25, -0.2) is 4.99 Å². The Morgan fingerprint density at radius 1 is 1.16 bits per heavy atom. The highest BCUT2D eigenvalue weighted by molar-refractivity contribution is 6.54. The maximum absolute atomic E-state index is 12.2. The number of anilines is 1. The zero-order chi connectivity index (χ0) is 13.4. The van der Waals surface area contributed by atoms with E-state index in [0.717, 1.165) is 16.9 Å². The minimum absolute atomic E-state index is 0.0817. The van der Waals surface area contributed by atoms with E-state index in [1.807, 2.05) is 43.3 Å². The number of hydrogen-bond donors (Lipinski definition) is 0. The third kappa shape index (κ3) is 1.91. The van der Waals surface area contributed by atoms with Crippen LogP contribution in [0.25, 0.3) is 0 Å². The van der Waals surface area contributed by atoms with Gasteiger partial charge in [0, 0.05) is 18.3 Å². The zero-order valence-corrected chi connectivity index (χ0v) is 10.8. The Bertz CT molecular complexity index is 674. The Hall–Kier alpha value is -2.49. The molecule has 4 nitrogen and oxygen atoms in total. The smallest absolute Gasteiger partial charge is 0.277 e. The number of likely N-dealkylation sites (N-methyl/N-ethyl adjacent to an activating group) is 1. The first kappa shape index (κ1) is 11.6. The van der Waals surface area contributed by atoms with E-state index in [-0.39, 0.29) is 5.91 Å². The molecule has 4 heteroatoms. The number of carbonyl (C=O) groups excluding carboxylic acids is 1. The highest BCUT2D eigenvalue weighted by Crippen LogP contribution is 2.29. The van der Waals surface area contributed by atoms with Crippen LogP contribution in [0.2, 0.25) is 0 Å². The summed E-state index contributed by atoms with van der Waals surface area (Å²) in [4.78, 5) is 22.5. The minimum atomic E-state index is -0.0817. The summed E-state index contributed by atoms with van der Waals surface area (Å²) in [6.07, 6.45) is 1.68. The van der Waals surface area contributed by atoms with E-state index in [1.165, 1.54) is 0 Å². The predicted octanol–water partition coefficient (Wildman–Crippen LogP) is 2.49. The van der Waals surface area contributed by atoms with E-state index >= 15 is 0 Å². The fraction of sp³-hybridized carbons (Fsp3) is 0.133. The number of carbonyl (C=O) groups is 1. The number of rotatable bonds is 1. The van der Waals surface area contributed by atoms with Crippen LogP contribution in [0.5, 0.6) is 0 Å². The summed E-state index contributed by atoms with van der Waals surface area (Å²) in [5, 5.41) is 0. The van der Waals surface area contributed by atoms with Crippen molar-refractivity contribution in [2.45, 2.75) is 6.92 Å². The number of nitrogens with zero attached hydrogens (tertiary/aromatic N) is 3. The number of hydrogen-bond acceptors (Lipinski definition) is 3. The molecule has 3 rings (SSSR count). The molecule has 0 saturated carbocycles. The molecule has 0 spiro atoms. The topological polar surface area (TPSA) is 45.6 Å². The molecule has 94 valence electrons. The van der Waals surface area contributed by atoms with Crippen molar-refractivity contribution in [3.05, 3.63) is 53.9 Å². The normalized spacial score (nSPS) is 16.0. The molecule has 0 atom stereocenters. The molecule has 0 saturated heterocycles. The lowest BCUT2D eigenvalue weighted by atomic mass is 10.1. The molecule has 1 aromatic heterocycles. The number of pyridine rings is 1. The number of para-hydroxylation sites is 1. The van der Waals surface area contributed by atoms with Crippen molar-refractivity contribution < 1.29 is 4.79 Å². The number of fused-ring (bicyclic) bond motifs is 1. The van der Waals surface area contributed by atoms with Crippen LogP contribution in [0.15, 0.2) is 47.6 Å². The Kier molecular flexibility index (Phi) is 2.63. The van der Waals surface area contributed by atoms with Crippen molar-refractivity contribution in [1.82, 2.24) is 4.98 Å². The summed E-state index contributed by atoms with van der Waals surface area (Å²) in [5.74, 6) is -0.0817. The summed E-state index contributed by atoms with van der Waals surface area (Å²) < 4.78 is 0. The summed E-state index contributed by atoms with van der Waals surface area (Å²) in [5.41, 5.74) is 3.86. The average molecular weight is 251 g/mol. The third-order valence-electron chi connectivity index (χ3n) is 3.16. The van der Waals surface area contributed by atoms with Gasteiger partial charge in [0.1, 0.15) is 5.71 Å². The molecule has 0 aliphatic carbocycles. The van der Waals surface area contributed by atoms with E-state index in [2.05, 4.69) is 9.98 Å². The standard InChI is InChI=1S/C15H13N3O/c1-10-7-8-11(9-16-10)17-14-12-5-3-4-6-13(12)18(2)15(14)19/h3-9H,1-2H3. The SMILES string of the molecule is Cc1ccc(N=C2C(=O)N(C)c3ccccc32)cn1. The zero-order valence-electron chi connectivity index (χ0n) is 10.8. The Labute approximate surface area is 111 Å². The summed E-state index contributed by atoms with van der Waals surface area (Å²) in [7, 11) is 1.76. The van der Waals surface area contributed by atoms with Gasteiger partial charge in [-0.1, -0.05) is 18.2 Å². The molecule has 0 N–H and O–H groups in total. The van der Waals surface area contributed by atoms with Gasteiger partial charge >= 0.3 is 0 Å². The maximum Gasteiger partial charge on any atom is 0.277 e. The molecule has 1 aromatic carbocycles. The lowest BCUT2D eigenvalue weighted by Crippen LogP contribution is -2.25. The Morgan fingerprint density at radius 3 is 2.68 bits per heavy atom. The quantitative estimate of drug-likeness (QED) is 0.781. The van der Waals surface area contributed by atoms with Crippen molar-refractivity contribution in [3.8, 4) is 0 Å². The first-order valence-electron chi connectivity index (χ1n) is 6.05. The molecule has 2 aromatic rings. The van der Waals surface area contributed by atoms with Crippen molar-refractivity contribution in [2.75, 3.05) is 11.9 Å². The highest BCUT2D eigenvalue weighted by Gasteiger charge is 2.30. The number of aryl methyl sites for hydroxylation is 1. The molecule has 0 fully saturated rings. The van der Waals surface area contributed by atoms with E-state index in [1.54, 1.807) is 18.1 Å². The van der Waals surface area contributed by atoms with E-state index in [0.29, 0.717) is 11.4 Å². The molecular weight excluding hydrogens is 238 g/mol. The summed E-state index contributed by atoms with van der Waals surface area (Å²) >= 11 is 0. The number of benzene rings is 1. The Morgan fingerprint density at radius 2 is 1.95 bits per heavy atom. The van der Waals surface area contributed by atoms with Crippen molar-refractivity contribution in [1.29, 1.82) is 0 Å². The monoisotopic (exact) mass is 251 g/mol. The van der Waals surface area contributed by atoms with Crippen LogP contribution in [-0.4, -0.2) is 23.7 Å². The molecule has 19 heavy (non-hydrogen) atoms. The lowest BCUT2D eigenvalue weighted by Gasteiger charge is -2.07. The molecular formula is C15H13N3O. The van der Waals surface area contributed by atoms with Crippen LogP contribution in [0.1, 0.15) is 11.3 Å². The van der Waals surface area contributed by atoms with Gasteiger partial charge in [-0.15, -0.1) is 0 Å². The molecule has 1 aliphatic rings. The Balaban J connectivity index is 2.10. The minimum Gasteiger partial charge on any atom is -0.309 e. The summed E-state index contributed by atoms with van der Waals surface area (Å²) in [6.45, 7) is 1.92. The van der Waals surface area contributed by atoms with Gasteiger partial charge in [-0.3, -0.25) is 9.78 Å². The van der Waals surface area contributed by atoms with Gasteiger partial charge in [-0.05, 0) is 25.1 Å². The lowest BCUT2D eigenvalue weighted by molar-refractivity contribution is -0.111. The fourth-order valence-corrected chi connectivity index (χ4v) is 2.11. The van der Waals surface area contributed by atoms with Crippen LogP contribution >= 0.6 is 0 Å². The van der Waals surface area contributed by atoms with E-state index in [4.69, 9.17) is 0 Å². The van der Waals surface area contributed by atoms with Crippen LogP contribution in [0, 0.1) is 6.92 Å². The van der Waals surface area contributed by atoms with Crippen molar-refractivity contribution in [3.63, 3.8) is 0 Å². The van der Waals surface area contributed by atoms with Gasteiger partial charge in [0.25, 0.3) is 5.91 Å². The summed E-state index contributed by atoms with van der Waals surface area (Å²) in [6, 6.07) is 11.4. The number of aromatic nitrogens is 1. The van der Waals surface area contributed by atoms with Gasteiger partial charge in [0.2, 0.25) is 0 Å². The van der Waals surface area contributed by atoms with Crippen LogP contribution in [0.3, 0.4) is 0 Å². The second-order valence-corrected chi connectivity index (χ2v) is 4.50. The van der Waals surface area contributed by atoms with E-state index in [9.17, 15) is 4.79 Å². The van der Waals surface area contributed by atoms with Crippen LogP contribution in [0.4, 0.5) is 11.4 Å². The molecule has 1 aliphatic heterocycles. The largest absolute Gasteiger partial charge is 0.309 e. The fourth-order valence-electron chi connectivity index (χ4n) is 2.11. The molecule has 1 amide bonds. The van der Waals surface area contributed by atoms with Crippen molar-refractivity contribution >= 4 is 23.0 Å². The number of amides is 1. The van der Waals surface area contributed by atoms with Gasteiger partial charge in [-0.2, -0.15) is 0 Å². The molecule has 0 radical (unpaired) electrons. The van der Waals surface area contributed by atoms with Crippen LogP contribution < -0.4 is 4.90 Å².